The molecule has 0 amide bonds. The number of carbonyl (C=O) groups is 1. The van der Waals surface area contributed by atoms with Crippen LogP contribution in [0.4, 0.5) is 0 Å². The second kappa shape index (κ2) is 9.47. The number of ether oxygens (including phenoxy) is 1. The fraction of sp³-hybridized carbons (Fsp3) is 0.500. The maximum absolute atomic E-state index is 12.3. The molecule has 0 unspecified atom stereocenters. The molecule has 2 heterocycles. The van der Waals surface area contributed by atoms with Crippen molar-refractivity contribution in [2.45, 2.75) is 79.1 Å². The van der Waals surface area contributed by atoms with Gasteiger partial charge in [0.05, 0.1) is 18.1 Å². The summed E-state index contributed by atoms with van der Waals surface area (Å²) in [6.45, 7) is 9.01. The lowest BCUT2D eigenvalue weighted by Gasteiger charge is -2.22. The molecule has 0 aliphatic heterocycles. The number of carbonyl (C=O) groups excluding carboxylic acids is 1. The summed E-state index contributed by atoms with van der Waals surface area (Å²) in [6, 6.07) is 6.16. The molecule has 0 N–H and O–H groups in total. The normalized spacial score (nSPS) is 11.5. The molecule has 0 bridgehead atoms. The van der Waals surface area contributed by atoms with Crippen LogP contribution in [0.2, 0.25) is 0 Å². The molecule has 3 aromatic rings. The molecule has 0 aliphatic rings. The smallest absolute Gasteiger partial charge is 0.152 e. The zero-order valence-electron chi connectivity index (χ0n) is 18.7. The van der Waals surface area contributed by atoms with Crippen LogP contribution in [-0.2, 0) is 25.7 Å². The number of hydrogen-bond acceptors (Lipinski definition) is 2. The molecule has 0 spiro atoms. The van der Waals surface area contributed by atoms with Crippen molar-refractivity contribution in [2.75, 3.05) is 7.11 Å². The predicted octanol–water partition coefficient (Wildman–Crippen LogP) is 6.72. The Labute approximate surface area is 175 Å². The monoisotopic (exact) mass is 393 g/mol. The summed E-state index contributed by atoms with van der Waals surface area (Å²) < 4.78 is 7.89. The average Bonchev–Trinajstić information content (AvgIpc) is 3.06. The van der Waals surface area contributed by atoms with Gasteiger partial charge in [0.25, 0.3) is 0 Å². The van der Waals surface area contributed by atoms with Gasteiger partial charge in [-0.15, -0.1) is 0 Å². The summed E-state index contributed by atoms with van der Waals surface area (Å²) in [4.78, 5) is 12.3. The number of fused-ring (bicyclic) bond motifs is 3. The van der Waals surface area contributed by atoms with E-state index in [2.05, 4.69) is 38.2 Å². The quantitative estimate of drug-likeness (QED) is 0.358. The number of aromatic nitrogens is 1. The standard InChI is InChI=1S/C26H35NO2/c1-6-10-19-20(11-7-2)24(13-9-4)27-25-15-14-18(29-5)16-22(25)23(17-28)26(27)21(19)12-8-3/h14-17H,6-13H2,1-5H3. The maximum Gasteiger partial charge on any atom is 0.152 e. The van der Waals surface area contributed by atoms with Crippen LogP contribution >= 0.6 is 0 Å². The van der Waals surface area contributed by atoms with Gasteiger partial charge in [-0.1, -0.05) is 53.4 Å². The molecule has 2 aromatic heterocycles. The van der Waals surface area contributed by atoms with Crippen molar-refractivity contribution in [2.24, 2.45) is 0 Å². The van der Waals surface area contributed by atoms with E-state index in [0.29, 0.717) is 0 Å². The minimum absolute atomic E-state index is 0.799. The number of nitrogens with zero attached hydrogens (tertiary/aromatic N) is 1. The first-order valence-corrected chi connectivity index (χ1v) is 11.3. The highest BCUT2D eigenvalue weighted by atomic mass is 16.5. The third-order valence-electron chi connectivity index (χ3n) is 5.95. The molecule has 0 fully saturated rings. The van der Waals surface area contributed by atoms with Gasteiger partial charge in [0, 0.05) is 16.6 Å². The average molecular weight is 394 g/mol. The van der Waals surface area contributed by atoms with Gasteiger partial charge >= 0.3 is 0 Å². The number of pyridine rings is 1. The molecule has 0 aliphatic carbocycles. The van der Waals surface area contributed by atoms with Crippen LogP contribution in [0.3, 0.4) is 0 Å². The molecule has 1 aromatic carbocycles. The minimum atomic E-state index is 0.799. The van der Waals surface area contributed by atoms with E-state index in [9.17, 15) is 4.79 Å². The van der Waals surface area contributed by atoms with E-state index in [1.54, 1.807) is 7.11 Å². The van der Waals surface area contributed by atoms with Crippen molar-refractivity contribution < 1.29 is 9.53 Å². The largest absolute Gasteiger partial charge is 0.497 e. The highest BCUT2D eigenvalue weighted by Crippen LogP contribution is 2.37. The van der Waals surface area contributed by atoms with Crippen LogP contribution in [0.15, 0.2) is 18.2 Å². The van der Waals surface area contributed by atoms with Crippen LogP contribution in [0.25, 0.3) is 16.4 Å². The van der Waals surface area contributed by atoms with Gasteiger partial charge in [-0.2, -0.15) is 0 Å². The molecule has 0 saturated carbocycles. The van der Waals surface area contributed by atoms with Crippen LogP contribution < -0.4 is 4.74 Å². The second-order valence-electron chi connectivity index (χ2n) is 7.98. The van der Waals surface area contributed by atoms with Crippen molar-refractivity contribution in [1.29, 1.82) is 0 Å². The first-order chi connectivity index (χ1) is 14.2. The topological polar surface area (TPSA) is 30.7 Å². The highest BCUT2D eigenvalue weighted by Gasteiger charge is 2.23. The van der Waals surface area contributed by atoms with Crippen LogP contribution in [0.5, 0.6) is 5.75 Å². The Balaban J connectivity index is 2.59. The molecule has 3 nitrogen and oxygen atoms in total. The molecule has 0 saturated heterocycles. The van der Waals surface area contributed by atoms with Crippen molar-refractivity contribution in [1.82, 2.24) is 4.40 Å². The lowest BCUT2D eigenvalue weighted by Crippen LogP contribution is -2.12. The van der Waals surface area contributed by atoms with E-state index in [-0.39, 0.29) is 0 Å². The molecule has 0 radical (unpaired) electrons. The molecule has 3 rings (SSSR count). The Morgan fingerprint density at radius 3 is 2.07 bits per heavy atom. The molecule has 156 valence electrons. The van der Waals surface area contributed by atoms with Gasteiger partial charge in [0.15, 0.2) is 6.29 Å². The van der Waals surface area contributed by atoms with E-state index in [0.717, 1.165) is 85.4 Å². The molecular weight excluding hydrogens is 358 g/mol. The first-order valence-electron chi connectivity index (χ1n) is 11.3. The zero-order valence-corrected chi connectivity index (χ0v) is 18.7. The number of rotatable bonds is 10. The SMILES string of the molecule is CCCc1c(CCC)c(CCC)n2c(c1CCC)c(C=O)c1cc(OC)ccc12. The van der Waals surface area contributed by atoms with E-state index in [4.69, 9.17) is 4.74 Å². The zero-order chi connectivity index (χ0) is 21.0. The molecule has 0 atom stereocenters. The van der Waals surface area contributed by atoms with E-state index in [1.165, 1.54) is 22.4 Å². The summed E-state index contributed by atoms with van der Waals surface area (Å²) in [7, 11) is 1.68. The van der Waals surface area contributed by atoms with Gasteiger partial charge in [0.1, 0.15) is 5.75 Å². The lowest BCUT2D eigenvalue weighted by atomic mass is 9.89. The third-order valence-corrected chi connectivity index (χ3v) is 5.95. The van der Waals surface area contributed by atoms with E-state index in [1.807, 2.05) is 12.1 Å². The predicted molar refractivity (Wildman–Crippen MR) is 123 cm³/mol. The highest BCUT2D eigenvalue weighted by molar-refractivity contribution is 6.07. The van der Waals surface area contributed by atoms with Crippen molar-refractivity contribution in [3.05, 3.63) is 46.1 Å². The summed E-state index contributed by atoms with van der Waals surface area (Å²) in [5, 5.41) is 1.00. The van der Waals surface area contributed by atoms with Gasteiger partial charge in [-0.3, -0.25) is 4.79 Å². The number of aldehydes is 1. The molecule has 3 heteroatoms. The van der Waals surface area contributed by atoms with Gasteiger partial charge < -0.3 is 9.14 Å². The number of aryl methyl sites for hydroxylation is 2. The maximum atomic E-state index is 12.3. The van der Waals surface area contributed by atoms with Crippen molar-refractivity contribution in [3.63, 3.8) is 0 Å². The molecule has 29 heavy (non-hydrogen) atoms. The van der Waals surface area contributed by atoms with Gasteiger partial charge in [-0.05, 0) is 60.6 Å². The second-order valence-corrected chi connectivity index (χ2v) is 7.98. The van der Waals surface area contributed by atoms with E-state index < -0.39 is 0 Å². The fourth-order valence-electron chi connectivity index (χ4n) is 4.87. The third kappa shape index (κ3) is 3.68. The Morgan fingerprint density at radius 1 is 0.862 bits per heavy atom. The Hall–Kier alpha value is -2.29. The first kappa shape index (κ1) is 21.4. The minimum Gasteiger partial charge on any atom is -0.497 e. The summed E-state index contributed by atoms with van der Waals surface area (Å²) in [5.74, 6) is 0.799. The molecular formula is C26H35NO2. The number of methoxy groups -OCH3 is 1. The Kier molecular flexibility index (Phi) is 7.00. The lowest BCUT2D eigenvalue weighted by molar-refractivity contribution is 0.112. The Morgan fingerprint density at radius 2 is 1.48 bits per heavy atom. The fourth-order valence-corrected chi connectivity index (χ4v) is 4.87. The van der Waals surface area contributed by atoms with Crippen molar-refractivity contribution in [3.8, 4) is 5.75 Å². The number of hydrogen-bond donors (Lipinski definition) is 0. The number of benzene rings is 1. The van der Waals surface area contributed by atoms with Gasteiger partial charge in [0.2, 0.25) is 0 Å². The Bertz CT molecular complexity index is 1010. The summed E-state index contributed by atoms with van der Waals surface area (Å²) in [6.07, 6.45) is 9.72. The van der Waals surface area contributed by atoms with E-state index >= 15 is 0 Å². The van der Waals surface area contributed by atoms with Crippen LogP contribution in [0.1, 0.15) is 86.1 Å². The van der Waals surface area contributed by atoms with Crippen molar-refractivity contribution >= 4 is 22.7 Å². The van der Waals surface area contributed by atoms with Crippen LogP contribution in [-0.4, -0.2) is 17.8 Å². The van der Waals surface area contributed by atoms with Gasteiger partial charge in [-0.25, -0.2) is 0 Å². The summed E-state index contributed by atoms with van der Waals surface area (Å²) >= 11 is 0. The van der Waals surface area contributed by atoms with Crippen LogP contribution in [0, 0.1) is 0 Å². The summed E-state index contributed by atoms with van der Waals surface area (Å²) in [5.41, 5.74) is 8.90.